The van der Waals surface area contributed by atoms with E-state index in [1.807, 2.05) is 81.4 Å². The van der Waals surface area contributed by atoms with Crippen LogP contribution in [0.1, 0.15) is 25.1 Å². The first-order valence-electron chi connectivity index (χ1n) is 11.3. The summed E-state index contributed by atoms with van der Waals surface area (Å²) in [5, 5.41) is 7.37. The second-order valence-corrected chi connectivity index (χ2v) is 9.50. The van der Waals surface area contributed by atoms with E-state index in [1.54, 1.807) is 0 Å². The van der Waals surface area contributed by atoms with Crippen LogP contribution in [0, 0.1) is 6.92 Å². The van der Waals surface area contributed by atoms with Gasteiger partial charge >= 0.3 is 11.9 Å². The fourth-order valence-electron chi connectivity index (χ4n) is 4.93. The lowest BCUT2D eigenvalue weighted by Gasteiger charge is -2.47. The zero-order valence-electron chi connectivity index (χ0n) is 20.4. The predicted octanol–water partition coefficient (Wildman–Crippen LogP) is 4.45. The second kappa shape index (κ2) is 9.92. The first kappa shape index (κ1) is 24.5. The molecule has 0 saturated carbocycles. The summed E-state index contributed by atoms with van der Waals surface area (Å²) in [6.07, 6.45) is 0. The van der Waals surface area contributed by atoms with Crippen molar-refractivity contribution in [1.29, 1.82) is 0 Å². The number of hydrogen-bond acceptors (Lipinski definition) is 8. The summed E-state index contributed by atoms with van der Waals surface area (Å²) < 4.78 is 10.5. The number of aryl methyl sites for hydroxylation is 1. The molecular formula is C27H29N3O4S. The van der Waals surface area contributed by atoms with E-state index in [-0.39, 0.29) is 0 Å². The van der Waals surface area contributed by atoms with Crippen molar-refractivity contribution in [3.05, 3.63) is 83.2 Å². The van der Waals surface area contributed by atoms with Gasteiger partial charge in [-0.05, 0) is 31.9 Å². The van der Waals surface area contributed by atoms with Crippen LogP contribution in [0.3, 0.4) is 0 Å². The number of anilines is 1. The van der Waals surface area contributed by atoms with Crippen molar-refractivity contribution in [3.8, 4) is 10.4 Å². The van der Waals surface area contributed by atoms with Crippen LogP contribution in [0.15, 0.2) is 71.9 Å². The van der Waals surface area contributed by atoms with Crippen LogP contribution >= 0.6 is 11.3 Å². The van der Waals surface area contributed by atoms with Crippen molar-refractivity contribution < 1.29 is 19.1 Å². The van der Waals surface area contributed by atoms with E-state index in [4.69, 9.17) is 14.5 Å². The Morgan fingerprint density at radius 2 is 1.63 bits per heavy atom. The molecule has 4 rings (SSSR count). The maximum Gasteiger partial charge on any atom is 0.337 e. The second-order valence-electron chi connectivity index (χ2n) is 8.50. The van der Waals surface area contributed by atoms with Crippen LogP contribution in [0.5, 0.6) is 0 Å². The average Bonchev–Trinajstić information content (AvgIpc) is 3.24. The number of methoxy groups -OCH3 is 2. The summed E-state index contributed by atoms with van der Waals surface area (Å²) in [6, 6.07) is 18.2. The molecule has 2 aromatic carbocycles. The van der Waals surface area contributed by atoms with Gasteiger partial charge in [0.1, 0.15) is 5.41 Å². The molecule has 1 aliphatic rings. The quantitative estimate of drug-likeness (QED) is 0.493. The molecule has 8 heteroatoms. The zero-order chi connectivity index (χ0) is 25.2. The fraction of sp³-hybridized carbons (Fsp3) is 0.296. The Morgan fingerprint density at radius 3 is 2.23 bits per heavy atom. The first-order valence-corrected chi connectivity index (χ1v) is 12.1. The summed E-state index contributed by atoms with van der Waals surface area (Å²) in [5.74, 6) is -0.994. The highest BCUT2D eigenvalue weighted by molar-refractivity contribution is 7.19. The number of carbonyl (C=O) groups excluding carboxylic acids is 2. The smallest absolute Gasteiger partial charge is 0.337 e. The maximum absolute atomic E-state index is 13.7. The summed E-state index contributed by atoms with van der Waals surface area (Å²) >= 11 is 1.48. The molecule has 2 heterocycles. The Kier molecular flexibility index (Phi) is 6.93. The Labute approximate surface area is 209 Å². The SMILES string of the molecule is COC(=O)C1=C(C)NC(C)C(C(=O)OC)(c2ccccc2)C1Nc1nc(C)c(-c2ccccc2)s1. The van der Waals surface area contributed by atoms with E-state index >= 15 is 0 Å². The lowest BCUT2D eigenvalue weighted by molar-refractivity contribution is -0.149. The average molecular weight is 492 g/mol. The molecule has 1 aliphatic heterocycles. The van der Waals surface area contributed by atoms with Gasteiger partial charge in [0, 0.05) is 11.7 Å². The third-order valence-electron chi connectivity index (χ3n) is 6.54. The minimum atomic E-state index is -1.27. The highest BCUT2D eigenvalue weighted by Crippen LogP contribution is 2.43. The van der Waals surface area contributed by atoms with Crippen LogP contribution in [-0.2, 0) is 24.5 Å². The molecule has 0 aliphatic carbocycles. The third-order valence-corrected chi connectivity index (χ3v) is 7.68. The monoisotopic (exact) mass is 491 g/mol. The van der Waals surface area contributed by atoms with Crippen LogP contribution in [0.2, 0.25) is 0 Å². The van der Waals surface area contributed by atoms with Gasteiger partial charge in [-0.2, -0.15) is 0 Å². The van der Waals surface area contributed by atoms with Crippen LogP contribution < -0.4 is 10.6 Å². The number of hydrogen-bond donors (Lipinski definition) is 2. The molecule has 35 heavy (non-hydrogen) atoms. The number of aromatic nitrogens is 1. The zero-order valence-corrected chi connectivity index (χ0v) is 21.2. The highest BCUT2D eigenvalue weighted by atomic mass is 32.1. The standard InChI is InChI=1S/C27H29N3O4S/c1-16-21(24(31)33-4)23(30-26-29-17(2)22(35-26)19-12-8-6-9-13-19)27(18(3)28-16,25(32)34-5)20-14-10-7-11-15-20/h6-15,18,23,28H,1-5H3,(H,29,30). The van der Waals surface area contributed by atoms with Gasteiger partial charge in [0.25, 0.3) is 0 Å². The molecule has 1 aromatic heterocycles. The minimum Gasteiger partial charge on any atom is -0.468 e. The summed E-state index contributed by atoms with van der Waals surface area (Å²) in [4.78, 5) is 32.5. The molecular weight excluding hydrogens is 462 g/mol. The Bertz CT molecular complexity index is 1260. The minimum absolute atomic E-state index is 0.328. The van der Waals surface area contributed by atoms with Crippen molar-refractivity contribution in [1.82, 2.24) is 10.3 Å². The largest absolute Gasteiger partial charge is 0.468 e. The molecule has 3 atom stereocenters. The van der Waals surface area contributed by atoms with Gasteiger partial charge in [0.05, 0.1) is 36.4 Å². The summed E-state index contributed by atoms with van der Waals surface area (Å²) in [6.45, 7) is 5.67. The van der Waals surface area contributed by atoms with E-state index in [0.29, 0.717) is 16.4 Å². The molecule has 3 unspecified atom stereocenters. The Morgan fingerprint density at radius 1 is 1.00 bits per heavy atom. The van der Waals surface area contributed by atoms with Crippen molar-refractivity contribution in [2.75, 3.05) is 19.5 Å². The van der Waals surface area contributed by atoms with Gasteiger partial charge in [0.2, 0.25) is 0 Å². The van der Waals surface area contributed by atoms with E-state index in [2.05, 4.69) is 10.6 Å². The summed E-state index contributed by atoms with van der Waals surface area (Å²) in [7, 11) is 2.70. The van der Waals surface area contributed by atoms with Gasteiger partial charge in [-0.3, -0.25) is 4.79 Å². The number of nitrogens with zero attached hydrogens (tertiary/aromatic N) is 1. The molecule has 7 nitrogen and oxygen atoms in total. The predicted molar refractivity (Wildman–Crippen MR) is 137 cm³/mol. The Hall–Kier alpha value is -3.65. The van der Waals surface area contributed by atoms with Gasteiger partial charge in [0.15, 0.2) is 5.13 Å². The number of benzene rings is 2. The lowest BCUT2D eigenvalue weighted by Crippen LogP contribution is -2.65. The molecule has 182 valence electrons. The lowest BCUT2D eigenvalue weighted by atomic mass is 9.64. The number of thiazole rings is 1. The number of ether oxygens (including phenoxy) is 2. The van der Waals surface area contributed by atoms with Crippen LogP contribution in [0.4, 0.5) is 5.13 Å². The van der Waals surface area contributed by atoms with Gasteiger partial charge in [-0.25, -0.2) is 9.78 Å². The molecule has 0 spiro atoms. The number of carbonyl (C=O) groups is 2. The maximum atomic E-state index is 13.7. The van der Waals surface area contributed by atoms with Gasteiger partial charge < -0.3 is 20.1 Å². The highest BCUT2D eigenvalue weighted by Gasteiger charge is 2.58. The molecule has 0 amide bonds. The van der Waals surface area contributed by atoms with Gasteiger partial charge in [-0.1, -0.05) is 72.0 Å². The number of allylic oxidation sites excluding steroid dienone is 1. The number of rotatable bonds is 6. The Balaban J connectivity index is 1.92. The van der Waals surface area contributed by atoms with Crippen molar-refractivity contribution in [2.45, 2.75) is 38.3 Å². The van der Waals surface area contributed by atoms with E-state index in [1.165, 1.54) is 25.6 Å². The van der Waals surface area contributed by atoms with Crippen molar-refractivity contribution in [2.24, 2.45) is 0 Å². The molecule has 2 N–H and O–H groups in total. The van der Waals surface area contributed by atoms with E-state index in [0.717, 1.165) is 21.7 Å². The molecule has 0 radical (unpaired) electrons. The van der Waals surface area contributed by atoms with Gasteiger partial charge in [-0.15, -0.1) is 0 Å². The van der Waals surface area contributed by atoms with Crippen LogP contribution in [-0.4, -0.2) is 43.2 Å². The van der Waals surface area contributed by atoms with Crippen molar-refractivity contribution >= 4 is 28.4 Å². The molecule has 3 aromatic rings. The first-order chi connectivity index (χ1) is 16.8. The van der Waals surface area contributed by atoms with E-state index in [9.17, 15) is 9.59 Å². The summed E-state index contributed by atoms with van der Waals surface area (Å²) in [5.41, 5.74) is 2.31. The fourth-order valence-corrected chi connectivity index (χ4v) is 5.93. The molecule has 0 fully saturated rings. The van der Waals surface area contributed by atoms with Crippen LogP contribution in [0.25, 0.3) is 10.4 Å². The number of nitrogens with one attached hydrogen (secondary N) is 2. The third kappa shape index (κ3) is 4.18. The normalized spacial score (nSPS) is 21.7. The molecule has 0 bridgehead atoms. The molecule has 0 saturated heterocycles. The number of esters is 2. The van der Waals surface area contributed by atoms with Crippen molar-refractivity contribution in [3.63, 3.8) is 0 Å². The topological polar surface area (TPSA) is 89.5 Å². The van der Waals surface area contributed by atoms with E-state index < -0.39 is 29.4 Å².